The lowest BCUT2D eigenvalue weighted by molar-refractivity contribution is 0.135. The second-order valence-electron chi connectivity index (χ2n) is 1.63. The summed E-state index contributed by atoms with van der Waals surface area (Å²) in [5.41, 5.74) is 0. The molecule has 0 bridgehead atoms. The van der Waals surface area contributed by atoms with Crippen LogP contribution in [0, 0.1) is 0 Å². The van der Waals surface area contributed by atoms with Gasteiger partial charge in [-0.3, -0.25) is 0 Å². The van der Waals surface area contributed by atoms with E-state index < -0.39 is 12.3 Å². The average Bonchev–Trinajstić information content (AvgIpc) is 2.71. The lowest BCUT2D eigenvalue weighted by atomic mass is 11.0. The van der Waals surface area contributed by atoms with E-state index in [0.29, 0.717) is 0 Å². The summed E-state index contributed by atoms with van der Waals surface area (Å²) in [5.74, 6) is 0. The van der Waals surface area contributed by atoms with Crippen LogP contribution in [-0.4, -0.2) is 32.7 Å². The fraction of sp³-hybridized carbons (Fsp3) is 0.714. The van der Waals surface area contributed by atoms with Gasteiger partial charge in [0.05, 0.1) is 0 Å². The highest BCUT2D eigenvalue weighted by Crippen LogP contribution is 2.14. The van der Waals surface area contributed by atoms with E-state index in [0.717, 1.165) is 0 Å². The first-order valence-corrected chi connectivity index (χ1v) is 3.80. The molecule has 1 saturated carbocycles. The molecule has 0 heterocycles. The van der Waals surface area contributed by atoms with E-state index in [4.69, 9.17) is 30.0 Å². The zero-order valence-electron chi connectivity index (χ0n) is 7.73. The van der Waals surface area contributed by atoms with E-state index in [2.05, 4.69) is 0 Å². The Balaban J connectivity index is -0.000000106. The Hall–Kier alpha value is -1.46. The van der Waals surface area contributed by atoms with Gasteiger partial charge in [0.25, 0.3) is 0 Å². The molecule has 1 aliphatic carbocycles. The molecule has 0 saturated heterocycles. The molecule has 0 aromatic rings. The van der Waals surface area contributed by atoms with E-state index in [1.54, 1.807) is 0 Å². The highest BCUT2D eigenvalue weighted by molar-refractivity contribution is 5.53. The summed E-state index contributed by atoms with van der Waals surface area (Å²) < 4.78 is 0. The molecular formula is C7H16O6. The van der Waals surface area contributed by atoms with Gasteiger partial charge in [-0.2, -0.15) is 0 Å². The molecule has 0 amide bonds. The van der Waals surface area contributed by atoms with E-state index in [-0.39, 0.29) is 0 Å². The minimum Gasteiger partial charge on any atom is -0.450 e. The van der Waals surface area contributed by atoms with Crippen molar-refractivity contribution >= 4 is 12.3 Å². The van der Waals surface area contributed by atoms with E-state index >= 15 is 0 Å². The maximum absolute atomic E-state index is 8.56. The summed E-state index contributed by atoms with van der Waals surface area (Å²) in [6.45, 7) is 4.00. The Labute approximate surface area is 76.4 Å². The van der Waals surface area contributed by atoms with Gasteiger partial charge >= 0.3 is 12.3 Å². The Morgan fingerprint density at radius 1 is 0.769 bits per heavy atom. The fourth-order valence-corrected chi connectivity index (χ4v) is 0. The minimum atomic E-state index is -1.83. The SMILES string of the molecule is C1CC1.CC.O=C(O)O.O=C(O)O. The van der Waals surface area contributed by atoms with Crippen LogP contribution in [0.4, 0.5) is 9.59 Å². The van der Waals surface area contributed by atoms with Crippen molar-refractivity contribution in [1.82, 2.24) is 0 Å². The monoisotopic (exact) mass is 196 g/mol. The lowest BCUT2D eigenvalue weighted by Gasteiger charge is -1.60. The average molecular weight is 196 g/mol. The van der Waals surface area contributed by atoms with Gasteiger partial charge in [0.15, 0.2) is 0 Å². The first-order valence-electron chi connectivity index (χ1n) is 3.80. The minimum absolute atomic E-state index is 1.50. The van der Waals surface area contributed by atoms with Crippen molar-refractivity contribution < 1.29 is 30.0 Å². The number of carbonyl (C=O) groups is 2. The normalized spacial score (nSPS) is 9.69. The van der Waals surface area contributed by atoms with Crippen LogP contribution in [0.15, 0.2) is 0 Å². The molecule has 0 aliphatic heterocycles. The van der Waals surface area contributed by atoms with Crippen LogP contribution in [0.3, 0.4) is 0 Å². The molecule has 4 N–H and O–H groups in total. The number of carboxylic acid groups (broad SMARTS) is 4. The van der Waals surface area contributed by atoms with E-state index in [1.165, 1.54) is 19.3 Å². The summed E-state index contributed by atoms with van der Waals surface area (Å²) in [7, 11) is 0. The van der Waals surface area contributed by atoms with E-state index in [1.807, 2.05) is 13.8 Å². The topological polar surface area (TPSA) is 115 Å². The van der Waals surface area contributed by atoms with Gasteiger partial charge in [0.1, 0.15) is 0 Å². The van der Waals surface area contributed by atoms with Crippen LogP contribution in [0.1, 0.15) is 33.1 Å². The highest BCUT2D eigenvalue weighted by atomic mass is 16.6. The molecule has 0 atom stereocenters. The quantitative estimate of drug-likeness (QED) is 0.473. The zero-order chi connectivity index (χ0) is 11.3. The van der Waals surface area contributed by atoms with Crippen LogP contribution >= 0.6 is 0 Å². The van der Waals surface area contributed by atoms with Crippen molar-refractivity contribution in [3.63, 3.8) is 0 Å². The van der Waals surface area contributed by atoms with Gasteiger partial charge in [-0.1, -0.05) is 33.1 Å². The van der Waals surface area contributed by atoms with Crippen LogP contribution in [0.2, 0.25) is 0 Å². The van der Waals surface area contributed by atoms with Gasteiger partial charge in [-0.25, -0.2) is 9.59 Å². The number of hydrogen-bond acceptors (Lipinski definition) is 2. The molecule has 1 aliphatic rings. The molecule has 0 aromatic carbocycles. The smallest absolute Gasteiger partial charge is 0.450 e. The summed E-state index contributed by atoms with van der Waals surface area (Å²) in [6.07, 6.45) is 0.833. The maximum atomic E-state index is 8.56. The van der Waals surface area contributed by atoms with Crippen molar-refractivity contribution in [1.29, 1.82) is 0 Å². The van der Waals surface area contributed by atoms with Crippen LogP contribution in [0.5, 0.6) is 0 Å². The summed E-state index contributed by atoms with van der Waals surface area (Å²) in [4.78, 5) is 17.1. The van der Waals surface area contributed by atoms with Gasteiger partial charge in [0, 0.05) is 0 Å². The maximum Gasteiger partial charge on any atom is 0.503 e. The molecule has 80 valence electrons. The second kappa shape index (κ2) is 16.9. The molecule has 13 heavy (non-hydrogen) atoms. The molecule has 0 spiro atoms. The predicted octanol–water partition coefficient (Wildman–Crippen LogP) is 2.64. The Morgan fingerprint density at radius 2 is 0.846 bits per heavy atom. The van der Waals surface area contributed by atoms with Crippen LogP contribution in [-0.2, 0) is 0 Å². The van der Waals surface area contributed by atoms with Crippen molar-refractivity contribution in [2.24, 2.45) is 0 Å². The largest absolute Gasteiger partial charge is 0.503 e. The third kappa shape index (κ3) is 3630. The summed E-state index contributed by atoms with van der Waals surface area (Å²) in [5, 5.41) is 27.9. The van der Waals surface area contributed by atoms with Gasteiger partial charge < -0.3 is 20.4 Å². The number of hydrogen-bond donors (Lipinski definition) is 4. The third-order valence-corrected chi connectivity index (χ3v) is 0.354. The predicted molar refractivity (Wildman–Crippen MR) is 46.5 cm³/mol. The van der Waals surface area contributed by atoms with Gasteiger partial charge in [0.2, 0.25) is 0 Å². The van der Waals surface area contributed by atoms with Gasteiger partial charge in [-0.15, -0.1) is 0 Å². The van der Waals surface area contributed by atoms with Crippen molar-refractivity contribution in [3.8, 4) is 0 Å². The van der Waals surface area contributed by atoms with Crippen LogP contribution in [0.25, 0.3) is 0 Å². The number of rotatable bonds is 0. The molecule has 0 aromatic heterocycles. The molecule has 0 unspecified atom stereocenters. The second-order valence-corrected chi connectivity index (χ2v) is 1.63. The first kappa shape index (κ1) is 17.6. The first-order chi connectivity index (χ1) is 5.96. The highest BCUT2D eigenvalue weighted by Gasteiger charge is 1.95. The molecule has 1 rings (SSSR count). The summed E-state index contributed by atoms with van der Waals surface area (Å²) >= 11 is 0. The Kier molecular flexibility index (Phi) is 22.8. The standard InChI is InChI=1S/C3H6.C2H6.2CH2O3/c1-2-3-1;1-2;2*2-1(3)4/h1-3H2;1-2H3;2*(H2,2,3,4). The van der Waals surface area contributed by atoms with E-state index in [9.17, 15) is 0 Å². The zero-order valence-corrected chi connectivity index (χ0v) is 7.73. The van der Waals surface area contributed by atoms with Gasteiger partial charge in [-0.05, 0) is 0 Å². The Morgan fingerprint density at radius 3 is 0.846 bits per heavy atom. The molecule has 1 fully saturated rings. The molecule has 0 radical (unpaired) electrons. The lowest BCUT2D eigenvalue weighted by Crippen LogP contribution is -1.81. The Bertz CT molecular complexity index is 97.4. The summed E-state index contributed by atoms with van der Waals surface area (Å²) in [6, 6.07) is 0. The molecular weight excluding hydrogens is 180 g/mol. The molecule has 6 heteroatoms. The van der Waals surface area contributed by atoms with Crippen molar-refractivity contribution in [2.45, 2.75) is 33.1 Å². The van der Waals surface area contributed by atoms with Crippen LogP contribution < -0.4 is 0 Å². The fourth-order valence-electron chi connectivity index (χ4n) is 0. The molecule has 6 nitrogen and oxygen atoms in total. The van der Waals surface area contributed by atoms with Crippen molar-refractivity contribution in [2.75, 3.05) is 0 Å². The third-order valence-electron chi connectivity index (χ3n) is 0.354. The van der Waals surface area contributed by atoms with Crippen molar-refractivity contribution in [3.05, 3.63) is 0 Å².